The van der Waals surface area contributed by atoms with Crippen molar-refractivity contribution in [3.8, 4) is 0 Å². The van der Waals surface area contributed by atoms with Gasteiger partial charge in [-0.2, -0.15) is 0 Å². The average Bonchev–Trinajstić information content (AvgIpc) is 2.47. The Morgan fingerprint density at radius 1 is 1.53 bits per heavy atom. The van der Waals surface area contributed by atoms with E-state index in [0.29, 0.717) is 13.0 Å². The number of imidazole rings is 1. The predicted octanol–water partition coefficient (Wildman–Crippen LogP) is 1.14. The number of hydrogen-bond acceptors (Lipinski definition) is 3. The molecular weight excluding hydrogens is 192 g/mol. The predicted molar refractivity (Wildman–Crippen MR) is 58.6 cm³/mol. The van der Waals surface area contributed by atoms with E-state index in [1.165, 1.54) is 0 Å². The van der Waals surface area contributed by atoms with Crippen molar-refractivity contribution in [2.75, 3.05) is 6.61 Å². The van der Waals surface area contributed by atoms with E-state index in [9.17, 15) is 5.11 Å². The normalized spacial score (nSPS) is 14.2. The van der Waals surface area contributed by atoms with Crippen LogP contribution < -0.4 is 0 Å². The standard InChI is InChI=1S/C11H20N2O2/c1-11(2,3)15-8-9(14)7-10-12-5-6-13(10)4/h5-6,9,14H,7-8H2,1-4H3. The fourth-order valence-electron chi connectivity index (χ4n) is 1.21. The van der Waals surface area contributed by atoms with Crippen LogP contribution in [0.25, 0.3) is 0 Å². The van der Waals surface area contributed by atoms with Crippen molar-refractivity contribution in [3.05, 3.63) is 18.2 Å². The van der Waals surface area contributed by atoms with Crippen molar-refractivity contribution in [2.24, 2.45) is 7.05 Å². The number of ether oxygens (including phenoxy) is 1. The third-order valence-electron chi connectivity index (χ3n) is 2.05. The second-order valence-electron chi connectivity index (χ2n) is 4.74. The van der Waals surface area contributed by atoms with Gasteiger partial charge in [0.25, 0.3) is 0 Å². The minimum Gasteiger partial charge on any atom is -0.390 e. The molecule has 1 atom stereocenters. The molecule has 0 fully saturated rings. The zero-order valence-corrected chi connectivity index (χ0v) is 9.90. The molecule has 15 heavy (non-hydrogen) atoms. The highest BCUT2D eigenvalue weighted by molar-refractivity contribution is 4.92. The van der Waals surface area contributed by atoms with Gasteiger partial charge in [0.2, 0.25) is 0 Å². The van der Waals surface area contributed by atoms with Crippen LogP contribution in [0.2, 0.25) is 0 Å². The number of aliphatic hydroxyl groups excluding tert-OH is 1. The lowest BCUT2D eigenvalue weighted by atomic mass is 10.2. The van der Waals surface area contributed by atoms with Crippen molar-refractivity contribution >= 4 is 0 Å². The Labute approximate surface area is 90.9 Å². The maximum Gasteiger partial charge on any atom is 0.111 e. The molecule has 0 saturated carbocycles. The Morgan fingerprint density at radius 2 is 2.20 bits per heavy atom. The molecule has 4 nitrogen and oxygen atoms in total. The molecular formula is C11H20N2O2. The summed E-state index contributed by atoms with van der Waals surface area (Å²) in [5.41, 5.74) is -0.206. The Hall–Kier alpha value is -0.870. The van der Waals surface area contributed by atoms with Crippen LogP contribution in [0.4, 0.5) is 0 Å². The minimum absolute atomic E-state index is 0.206. The summed E-state index contributed by atoms with van der Waals surface area (Å²) in [5, 5.41) is 9.73. The minimum atomic E-state index is -0.495. The molecule has 1 unspecified atom stereocenters. The maximum absolute atomic E-state index is 9.73. The molecule has 0 aliphatic rings. The molecule has 0 aliphatic carbocycles. The zero-order chi connectivity index (χ0) is 11.5. The van der Waals surface area contributed by atoms with Gasteiger partial charge < -0.3 is 14.4 Å². The van der Waals surface area contributed by atoms with E-state index in [-0.39, 0.29) is 5.60 Å². The SMILES string of the molecule is Cn1ccnc1CC(O)COC(C)(C)C. The van der Waals surface area contributed by atoms with E-state index < -0.39 is 6.10 Å². The van der Waals surface area contributed by atoms with E-state index in [4.69, 9.17) is 4.74 Å². The molecule has 1 N–H and O–H groups in total. The first kappa shape index (κ1) is 12.2. The van der Waals surface area contributed by atoms with Crippen molar-refractivity contribution in [1.82, 2.24) is 9.55 Å². The summed E-state index contributed by atoms with van der Waals surface area (Å²) in [5.74, 6) is 0.875. The van der Waals surface area contributed by atoms with Gasteiger partial charge in [-0.15, -0.1) is 0 Å². The summed E-state index contributed by atoms with van der Waals surface area (Å²) in [6.07, 6.45) is 3.63. The average molecular weight is 212 g/mol. The largest absolute Gasteiger partial charge is 0.390 e. The van der Waals surface area contributed by atoms with Crippen LogP contribution >= 0.6 is 0 Å². The van der Waals surface area contributed by atoms with Crippen LogP contribution in [0.15, 0.2) is 12.4 Å². The van der Waals surface area contributed by atoms with Crippen LogP contribution in [0.1, 0.15) is 26.6 Å². The quantitative estimate of drug-likeness (QED) is 0.814. The first-order valence-electron chi connectivity index (χ1n) is 5.17. The van der Waals surface area contributed by atoms with Gasteiger partial charge in [0.05, 0.1) is 18.3 Å². The van der Waals surface area contributed by atoms with Gasteiger partial charge in [0.1, 0.15) is 5.82 Å². The van der Waals surface area contributed by atoms with E-state index in [0.717, 1.165) is 5.82 Å². The summed E-state index contributed by atoms with van der Waals surface area (Å²) in [6, 6.07) is 0. The number of aryl methyl sites for hydroxylation is 1. The van der Waals surface area contributed by atoms with Gasteiger partial charge in [0, 0.05) is 25.9 Å². The lowest BCUT2D eigenvalue weighted by Crippen LogP contribution is -2.28. The van der Waals surface area contributed by atoms with E-state index in [2.05, 4.69) is 4.98 Å². The van der Waals surface area contributed by atoms with Gasteiger partial charge in [-0.1, -0.05) is 0 Å². The van der Waals surface area contributed by atoms with Crippen LogP contribution in [0.5, 0.6) is 0 Å². The van der Waals surface area contributed by atoms with Gasteiger partial charge in [0.15, 0.2) is 0 Å². The van der Waals surface area contributed by atoms with Gasteiger partial charge in [-0.25, -0.2) is 4.98 Å². The van der Waals surface area contributed by atoms with E-state index >= 15 is 0 Å². The highest BCUT2D eigenvalue weighted by Crippen LogP contribution is 2.08. The monoisotopic (exact) mass is 212 g/mol. The van der Waals surface area contributed by atoms with Gasteiger partial charge in [-0.05, 0) is 20.8 Å². The van der Waals surface area contributed by atoms with Crippen LogP contribution in [0.3, 0.4) is 0 Å². The zero-order valence-electron chi connectivity index (χ0n) is 9.90. The molecule has 4 heteroatoms. The molecule has 0 saturated heterocycles. The highest BCUT2D eigenvalue weighted by Gasteiger charge is 2.15. The fourth-order valence-corrected chi connectivity index (χ4v) is 1.21. The molecule has 0 amide bonds. The molecule has 0 aromatic carbocycles. The topological polar surface area (TPSA) is 47.3 Å². The van der Waals surface area contributed by atoms with Crippen molar-refractivity contribution in [1.29, 1.82) is 0 Å². The number of nitrogens with zero attached hydrogens (tertiary/aromatic N) is 2. The van der Waals surface area contributed by atoms with Crippen LogP contribution in [0, 0.1) is 0 Å². The molecule has 1 aromatic rings. The van der Waals surface area contributed by atoms with Crippen molar-refractivity contribution < 1.29 is 9.84 Å². The maximum atomic E-state index is 9.73. The van der Waals surface area contributed by atoms with Crippen LogP contribution in [-0.4, -0.2) is 33.0 Å². The summed E-state index contributed by atoms with van der Waals surface area (Å²) >= 11 is 0. The van der Waals surface area contributed by atoms with Gasteiger partial charge in [-0.3, -0.25) is 0 Å². The molecule has 0 aliphatic heterocycles. The number of rotatable bonds is 4. The van der Waals surface area contributed by atoms with Crippen molar-refractivity contribution in [2.45, 2.75) is 38.9 Å². The van der Waals surface area contributed by atoms with Crippen molar-refractivity contribution in [3.63, 3.8) is 0 Å². The summed E-state index contributed by atoms with van der Waals surface area (Å²) in [6.45, 7) is 6.26. The summed E-state index contributed by atoms with van der Waals surface area (Å²) in [4.78, 5) is 4.15. The number of aromatic nitrogens is 2. The van der Waals surface area contributed by atoms with Gasteiger partial charge >= 0.3 is 0 Å². The first-order chi connectivity index (χ1) is 6.88. The third kappa shape index (κ3) is 4.44. The molecule has 0 spiro atoms. The molecule has 0 radical (unpaired) electrons. The Kier molecular flexibility index (Phi) is 3.88. The smallest absolute Gasteiger partial charge is 0.111 e. The summed E-state index contributed by atoms with van der Waals surface area (Å²) in [7, 11) is 1.92. The molecule has 0 bridgehead atoms. The number of aliphatic hydroxyl groups is 1. The summed E-state index contributed by atoms with van der Waals surface area (Å²) < 4.78 is 7.40. The third-order valence-corrected chi connectivity index (χ3v) is 2.05. The molecule has 86 valence electrons. The van der Waals surface area contributed by atoms with E-state index in [1.54, 1.807) is 6.20 Å². The highest BCUT2D eigenvalue weighted by atomic mass is 16.5. The van der Waals surface area contributed by atoms with Crippen LogP contribution in [-0.2, 0) is 18.2 Å². The Balaban J connectivity index is 2.37. The lowest BCUT2D eigenvalue weighted by Gasteiger charge is -2.21. The lowest BCUT2D eigenvalue weighted by molar-refractivity contribution is -0.0488. The first-order valence-corrected chi connectivity index (χ1v) is 5.17. The Morgan fingerprint density at radius 3 is 2.67 bits per heavy atom. The number of hydrogen-bond donors (Lipinski definition) is 1. The molecule has 1 aromatic heterocycles. The second-order valence-corrected chi connectivity index (χ2v) is 4.74. The van der Waals surface area contributed by atoms with E-state index in [1.807, 2.05) is 38.6 Å². The fraction of sp³-hybridized carbons (Fsp3) is 0.727. The Bertz CT molecular complexity index is 302. The second kappa shape index (κ2) is 4.77. The molecule has 1 rings (SSSR count). The molecule has 1 heterocycles.